The van der Waals surface area contributed by atoms with Crippen molar-refractivity contribution < 1.29 is 26.3 Å². The maximum absolute atomic E-state index is 10.5. The number of alkyl halides is 2. The van der Waals surface area contributed by atoms with Gasteiger partial charge in [-0.05, 0) is 0 Å². The molecule has 0 aromatic heterocycles. The van der Waals surface area contributed by atoms with Gasteiger partial charge < -0.3 is 0 Å². The summed E-state index contributed by atoms with van der Waals surface area (Å²) in [6.45, 7) is 0.917. The van der Waals surface area contributed by atoms with Crippen molar-refractivity contribution in [2.75, 3.05) is 11.0 Å². The van der Waals surface area contributed by atoms with Crippen LogP contribution in [-0.4, -0.2) is 20.9 Å². The summed E-state index contributed by atoms with van der Waals surface area (Å²) in [6.07, 6.45) is 1.27. The van der Waals surface area contributed by atoms with Crippen LogP contribution >= 0.6 is 0 Å². The fraction of sp³-hybridized carbons (Fsp3) is 1.00. The molecule has 0 aromatic carbocycles. The first-order chi connectivity index (χ1) is 3.86. The Morgan fingerprint density at radius 2 is 2.38 bits per heavy atom. The van der Waals surface area contributed by atoms with Gasteiger partial charge in [0.2, 0.25) is 0 Å². The van der Waals surface area contributed by atoms with E-state index in [9.17, 15) is 5.21 Å². The molecule has 0 bridgehead atoms. The van der Waals surface area contributed by atoms with Gasteiger partial charge in [-0.25, -0.2) is 0 Å². The summed E-state index contributed by atoms with van der Waals surface area (Å²) in [5.74, 6) is 0. The van der Waals surface area contributed by atoms with Crippen molar-refractivity contribution >= 4 is 0 Å². The molecule has 2 rings (SSSR count). The molecule has 2 heterocycles. The number of hydrogen-bond acceptors (Lipinski definition) is 1. The molecule has 2 saturated heterocycles. The van der Waals surface area contributed by atoms with Crippen LogP contribution < -0.4 is 26.3 Å². The van der Waals surface area contributed by atoms with Crippen LogP contribution in [0.25, 0.3) is 0 Å². The molecule has 2 fully saturated rings. The van der Waals surface area contributed by atoms with E-state index in [2.05, 4.69) is 0 Å². The summed E-state index contributed by atoms with van der Waals surface area (Å²) in [5, 5.41) is 11.0. The Morgan fingerprint density at radius 1 is 1.75 bits per heavy atom. The summed E-state index contributed by atoms with van der Waals surface area (Å²) < 4.78 is 2.56. The first-order valence-corrected chi connectivity index (χ1v) is 5.74. The summed E-state index contributed by atoms with van der Waals surface area (Å²) in [5.41, 5.74) is 0. The predicted molar refractivity (Wildman–Crippen MR) is 26.3 cm³/mol. The SMILES string of the molecule is [O-][NH+]1CC1C[C@@H]1C[I-]1. The molecule has 1 N–H and O–H groups in total. The first-order valence-electron chi connectivity index (χ1n) is 2.96. The Bertz CT molecular complexity index is 105. The van der Waals surface area contributed by atoms with Crippen molar-refractivity contribution in [2.45, 2.75) is 16.4 Å². The molecular formula is C5H9INO-. The summed E-state index contributed by atoms with van der Waals surface area (Å²) in [6, 6.07) is 0.544. The van der Waals surface area contributed by atoms with Crippen molar-refractivity contribution in [3.8, 4) is 0 Å². The van der Waals surface area contributed by atoms with E-state index in [4.69, 9.17) is 0 Å². The molecule has 0 spiro atoms. The monoisotopic (exact) mass is 226 g/mol. The van der Waals surface area contributed by atoms with Crippen molar-refractivity contribution in [3.05, 3.63) is 5.21 Å². The number of nitrogens with one attached hydrogen (secondary N) is 1. The zero-order chi connectivity index (χ0) is 5.56. The standard InChI is InChI=1S/C5H9INO/c8-7-3-5(7)1-4-2-6-4/h4-5,7H,1-3H2/q-1/t4-,5?/m1/s1. The first kappa shape index (κ1) is 5.44. The van der Waals surface area contributed by atoms with Crippen molar-refractivity contribution in [2.24, 2.45) is 0 Å². The van der Waals surface area contributed by atoms with Gasteiger partial charge in [-0.3, -0.25) is 0 Å². The van der Waals surface area contributed by atoms with Gasteiger partial charge in [0.15, 0.2) is 0 Å². The van der Waals surface area contributed by atoms with Gasteiger partial charge >= 0.3 is 58.8 Å². The minimum absolute atomic E-state index is 0.529. The fourth-order valence-electron chi connectivity index (χ4n) is 0.896. The molecule has 2 unspecified atom stereocenters. The van der Waals surface area contributed by atoms with Crippen LogP contribution in [0.1, 0.15) is 6.42 Å². The number of halogens is 1. The Balaban J connectivity index is 1.69. The second-order valence-electron chi connectivity index (χ2n) is 2.51. The number of rotatable bonds is 2. The third-order valence-corrected chi connectivity index (χ3v) is 4.29. The molecule has 0 saturated carbocycles. The third-order valence-electron chi connectivity index (χ3n) is 1.66. The molecule has 0 aromatic rings. The number of quaternary nitrogens is 1. The van der Waals surface area contributed by atoms with Crippen LogP contribution in [0.15, 0.2) is 0 Å². The van der Waals surface area contributed by atoms with Gasteiger partial charge in [-0.2, -0.15) is 0 Å². The third kappa shape index (κ3) is 1.14. The molecule has 2 aliphatic rings. The molecular weight excluding hydrogens is 217 g/mol. The molecule has 8 heavy (non-hydrogen) atoms. The van der Waals surface area contributed by atoms with Crippen LogP contribution in [0.5, 0.6) is 0 Å². The van der Waals surface area contributed by atoms with Gasteiger partial charge in [0, 0.05) is 0 Å². The predicted octanol–water partition coefficient (Wildman–Crippen LogP) is -4.39. The summed E-state index contributed by atoms with van der Waals surface area (Å²) in [7, 11) is 0. The van der Waals surface area contributed by atoms with E-state index in [-0.39, 0.29) is 0 Å². The van der Waals surface area contributed by atoms with Gasteiger partial charge in [-0.15, -0.1) is 0 Å². The van der Waals surface area contributed by atoms with Gasteiger partial charge in [0.05, 0.1) is 0 Å². The minimum atomic E-state index is 0.529. The summed E-state index contributed by atoms with van der Waals surface area (Å²) in [4.78, 5) is 0. The van der Waals surface area contributed by atoms with Gasteiger partial charge in [0.25, 0.3) is 0 Å². The molecule has 0 amide bonds. The average molecular weight is 226 g/mol. The van der Waals surface area contributed by atoms with Crippen LogP contribution in [0, 0.1) is 5.21 Å². The molecule has 0 radical (unpaired) electrons. The van der Waals surface area contributed by atoms with E-state index < -0.39 is 0 Å². The topological polar surface area (TPSA) is 27.5 Å². The van der Waals surface area contributed by atoms with Gasteiger partial charge in [-0.1, -0.05) is 0 Å². The Kier molecular flexibility index (Phi) is 1.23. The molecule has 2 aliphatic heterocycles. The molecule has 48 valence electrons. The quantitative estimate of drug-likeness (QED) is 0.219. The van der Waals surface area contributed by atoms with Crippen molar-refractivity contribution in [1.29, 1.82) is 0 Å². The normalized spacial score (nSPS) is 52.4. The number of hydroxylamine groups is 2. The zero-order valence-corrected chi connectivity index (χ0v) is 6.72. The van der Waals surface area contributed by atoms with E-state index in [1.54, 1.807) is 0 Å². The molecule has 3 atom stereocenters. The maximum atomic E-state index is 10.5. The zero-order valence-electron chi connectivity index (χ0n) is 4.56. The average Bonchev–Trinajstić information content (AvgIpc) is 2.52. The second kappa shape index (κ2) is 1.82. The van der Waals surface area contributed by atoms with Crippen LogP contribution in [0.4, 0.5) is 0 Å². The molecule has 0 aliphatic carbocycles. The van der Waals surface area contributed by atoms with Crippen LogP contribution in [0.2, 0.25) is 0 Å². The van der Waals surface area contributed by atoms with E-state index >= 15 is 0 Å². The summed E-state index contributed by atoms with van der Waals surface area (Å²) >= 11 is 0.609. The van der Waals surface area contributed by atoms with E-state index in [0.717, 1.165) is 10.5 Å². The van der Waals surface area contributed by atoms with E-state index in [0.29, 0.717) is 32.3 Å². The van der Waals surface area contributed by atoms with Crippen molar-refractivity contribution in [3.63, 3.8) is 0 Å². The second-order valence-corrected chi connectivity index (χ2v) is 6.03. The molecule has 3 heteroatoms. The van der Waals surface area contributed by atoms with E-state index in [1.165, 1.54) is 10.8 Å². The van der Waals surface area contributed by atoms with E-state index in [1.807, 2.05) is 0 Å². The Labute approximate surface area is 59.1 Å². The van der Waals surface area contributed by atoms with Crippen LogP contribution in [0.3, 0.4) is 0 Å². The van der Waals surface area contributed by atoms with Gasteiger partial charge in [0.1, 0.15) is 0 Å². The van der Waals surface area contributed by atoms with Crippen LogP contribution in [-0.2, 0) is 0 Å². The Morgan fingerprint density at radius 3 is 2.75 bits per heavy atom. The molecule has 2 nitrogen and oxygen atoms in total. The van der Waals surface area contributed by atoms with Crippen molar-refractivity contribution in [1.82, 2.24) is 0 Å². The number of hydrogen-bond donors (Lipinski definition) is 1. The fourth-order valence-corrected chi connectivity index (χ4v) is 2.59. The Hall–Kier alpha value is 0.650.